The van der Waals surface area contributed by atoms with Crippen molar-refractivity contribution in [3.8, 4) is 11.3 Å². The number of hydrogen-bond acceptors (Lipinski definition) is 8. The number of pyridine rings is 1. The average Bonchev–Trinajstić information content (AvgIpc) is 2.98. The molecule has 1 aromatic heterocycles. The number of carbonyl (C=O) groups excluding carboxylic acids is 4. The number of rotatable bonds is 11. The molecule has 43 heavy (non-hydrogen) atoms. The molecule has 0 aliphatic carbocycles. The van der Waals surface area contributed by atoms with Crippen LogP contribution in [-0.2, 0) is 23.8 Å². The van der Waals surface area contributed by atoms with Gasteiger partial charge in [-0.05, 0) is 64.8 Å². The van der Waals surface area contributed by atoms with Gasteiger partial charge < -0.3 is 29.3 Å². The van der Waals surface area contributed by atoms with E-state index in [1.54, 1.807) is 51.0 Å². The highest BCUT2D eigenvalue weighted by molar-refractivity contribution is 5.97. The lowest BCUT2D eigenvalue weighted by Gasteiger charge is -2.36. The molecule has 0 bridgehead atoms. The molecule has 0 unspecified atom stereocenters. The van der Waals surface area contributed by atoms with Crippen LogP contribution in [0.15, 0.2) is 48.7 Å². The van der Waals surface area contributed by atoms with Crippen molar-refractivity contribution in [2.75, 3.05) is 39.4 Å². The zero-order chi connectivity index (χ0) is 31.4. The Kier molecular flexibility index (Phi) is 12.1. The minimum absolute atomic E-state index is 0.0348. The lowest BCUT2D eigenvalue weighted by molar-refractivity contribution is -0.155. The molecule has 3 amide bonds. The van der Waals surface area contributed by atoms with Gasteiger partial charge in [-0.15, -0.1) is 0 Å². The zero-order valence-electron chi connectivity index (χ0n) is 25.6. The average molecular weight is 595 g/mol. The van der Waals surface area contributed by atoms with Gasteiger partial charge >= 0.3 is 12.1 Å². The number of carbonyl (C=O) groups is 4. The topological polar surface area (TPSA) is 127 Å². The van der Waals surface area contributed by atoms with Gasteiger partial charge in [0.05, 0.1) is 25.2 Å². The van der Waals surface area contributed by atoms with Crippen molar-refractivity contribution in [1.82, 2.24) is 20.1 Å². The second-order valence-electron chi connectivity index (χ2n) is 11.0. The van der Waals surface area contributed by atoms with Crippen LogP contribution in [0.4, 0.5) is 4.79 Å². The van der Waals surface area contributed by atoms with Crippen molar-refractivity contribution in [3.63, 3.8) is 0 Å². The SMILES string of the molecule is CCOC=Cc1cc(C(=O)N[C@@H](CCC(=O)OC(C)(C)C)C(=O)N2CCN(C(=O)OCC)CC2)nc(-c2ccccc2)c1. The second kappa shape index (κ2) is 15.7. The number of benzene rings is 1. The summed E-state index contributed by atoms with van der Waals surface area (Å²) in [4.78, 5) is 59.6. The molecule has 0 saturated carbocycles. The number of piperazine rings is 1. The van der Waals surface area contributed by atoms with E-state index in [9.17, 15) is 19.2 Å². The van der Waals surface area contributed by atoms with Crippen LogP contribution < -0.4 is 5.32 Å². The summed E-state index contributed by atoms with van der Waals surface area (Å²) in [6, 6.07) is 11.9. The van der Waals surface area contributed by atoms with E-state index in [0.29, 0.717) is 31.0 Å². The Morgan fingerprint density at radius 2 is 1.65 bits per heavy atom. The van der Waals surface area contributed by atoms with E-state index in [4.69, 9.17) is 14.2 Å². The van der Waals surface area contributed by atoms with Crippen molar-refractivity contribution in [2.24, 2.45) is 0 Å². The van der Waals surface area contributed by atoms with Gasteiger partial charge in [-0.25, -0.2) is 9.78 Å². The Morgan fingerprint density at radius 1 is 0.977 bits per heavy atom. The Morgan fingerprint density at radius 3 is 2.28 bits per heavy atom. The number of aromatic nitrogens is 1. The molecule has 1 saturated heterocycles. The van der Waals surface area contributed by atoms with Crippen LogP contribution in [0.1, 0.15) is 63.5 Å². The molecule has 1 aliphatic heterocycles. The molecule has 232 valence electrons. The molecule has 11 heteroatoms. The van der Waals surface area contributed by atoms with Crippen LogP contribution in [0.2, 0.25) is 0 Å². The monoisotopic (exact) mass is 594 g/mol. The van der Waals surface area contributed by atoms with Gasteiger partial charge in [0.25, 0.3) is 5.91 Å². The molecule has 3 rings (SSSR count). The summed E-state index contributed by atoms with van der Waals surface area (Å²) in [7, 11) is 0. The minimum Gasteiger partial charge on any atom is -0.501 e. The number of esters is 1. The third-order valence-electron chi connectivity index (χ3n) is 6.45. The van der Waals surface area contributed by atoms with E-state index in [1.165, 1.54) is 4.90 Å². The van der Waals surface area contributed by atoms with Crippen LogP contribution in [0.3, 0.4) is 0 Å². The molecular weight excluding hydrogens is 552 g/mol. The Labute approximate surface area is 253 Å². The first-order valence-corrected chi connectivity index (χ1v) is 14.6. The van der Waals surface area contributed by atoms with E-state index in [-0.39, 0.29) is 44.1 Å². The van der Waals surface area contributed by atoms with Gasteiger partial charge in [0.15, 0.2) is 0 Å². The van der Waals surface area contributed by atoms with E-state index in [2.05, 4.69) is 10.3 Å². The fourth-order valence-corrected chi connectivity index (χ4v) is 4.43. The molecule has 1 aliphatic rings. The first-order chi connectivity index (χ1) is 20.5. The highest BCUT2D eigenvalue weighted by Gasteiger charge is 2.32. The second-order valence-corrected chi connectivity index (χ2v) is 11.0. The van der Waals surface area contributed by atoms with Crippen LogP contribution in [0.5, 0.6) is 0 Å². The fraction of sp³-hybridized carbons (Fsp3) is 0.469. The first kappa shape index (κ1) is 33.1. The normalized spacial score (nSPS) is 14.3. The number of nitrogens with zero attached hydrogens (tertiary/aromatic N) is 3. The van der Waals surface area contributed by atoms with E-state index in [0.717, 1.165) is 5.56 Å². The molecule has 2 heterocycles. The summed E-state index contributed by atoms with van der Waals surface area (Å²) in [5.41, 5.74) is 1.52. The van der Waals surface area contributed by atoms with Crippen LogP contribution in [0, 0.1) is 0 Å². The maximum absolute atomic E-state index is 13.7. The summed E-state index contributed by atoms with van der Waals surface area (Å²) in [6.07, 6.45) is 2.82. The van der Waals surface area contributed by atoms with Gasteiger partial charge in [-0.3, -0.25) is 14.4 Å². The molecular formula is C32H42N4O7. The summed E-state index contributed by atoms with van der Waals surface area (Å²) >= 11 is 0. The van der Waals surface area contributed by atoms with Gasteiger partial charge in [0.1, 0.15) is 17.3 Å². The van der Waals surface area contributed by atoms with Crippen LogP contribution in [-0.4, -0.2) is 89.7 Å². The van der Waals surface area contributed by atoms with Crippen LogP contribution in [0.25, 0.3) is 17.3 Å². The Hall–Kier alpha value is -4.41. The Balaban J connectivity index is 1.84. The number of ether oxygens (including phenoxy) is 3. The quantitative estimate of drug-likeness (QED) is 0.302. The molecule has 0 spiro atoms. The van der Waals surface area contributed by atoms with Crippen molar-refractivity contribution < 1.29 is 33.4 Å². The number of nitrogens with one attached hydrogen (secondary N) is 1. The molecule has 11 nitrogen and oxygen atoms in total. The number of hydrogen-bond donors (Lipinski definition) is 1. The summed E-state index contributed by atoms with van der Waals surface area (Å²) in [6.45, 7) is 10.8. The van der Waals surface area contributed by atoms with Crippen molar-refractivity contribution >= 4 is 30.0 Å². The van der Waals surface area contributed by atoms with Crippen LogP contribution >= 0.6 is 0 Å². The van der Waals surface area contributed by atoms with Gasteiger partial charge in [0.2, 0.25) is 5.91 Å². The first-order valence-electron chi connectivity index (χ1n) is 14.6. The highest BCUT2D eigenvalue weighted by Crippen LogP contribution is 2.21. The highest BCUT2D eigenvalue weighted by atomic mass is 16.6. The Bertz CT molecular complexity index is 1280. The lowest BCUT2D eigenvalue weighted by atomic mass is 10.1. The third kappa shape index (κ3) is 10.4. The van der Waals surface area contributed by atoms with Gasteiger partial charge in [0, 0.05) is 38.2 Å². The van der Waals surface area contributed by atoms with Crippen molar-refractivity contribution in [1.29, 1.82) is 0 Å². The van der Waals surface area contributed by atoms with E-state index < -0.39 is 29.6 Å². The van der Waals surface area contributed by atoms with Gasteiger partial charge in [-0.1, -0.05) is 30.3 Å². The minimum atomic E-state index is -1.02. The lowest BCUT2D eigenvalue weighted by Crippen LogP contribution is -2.56. The van der Waals surface area contributed by atoms with E-state index >= 15 is 0 Å². The zero-order valence-corrected chi connectivity index (χ0v) is 25.6. The molecule has 1 fully saturated rings. The fourth-order valence-electron chi connectivity index (χ4n) is 4.43. The predicted molar refractivity (Wildman–Crippen MR) is 162 cm³/mol. The molecule has 1 aromatic carbocycles. The summed E-state index contributed by atoms with van der Waals surface area (Å²) in [5, 5.41) is 2.82. The smallest absolute Gasteiger partial charge is 0.409 e. The van der Waals surface area contributed by atoms with E-state index in [1.807, 2.05) is 43.3 Å². The molecule has 1 atom stereocenters. The molecule has 1 N–H and O–H groups in total. The maximum Gasteiger partial charge on any atom is 0.409 e. The number of amides is 3. The third-order valence-corrected chi connectivity index (χ3v) is 6.45. The van der Waals surface area contributed by atoms with Gasteiger partial charge in [-0.2, -0.15) is 0 Å². The molecule has 0 radical (unpaired) electrons. The van der Waals surface area contributed by atoms with Crippen molar-refractivity contribution in [2.45, 2.75) is 59.1 Å². The predicted octanol–water partition coefficient (Wildman–Crippen LogP) is 4.28. The van der Waals surface area contributed by atoms with Crippen molar-refractivity contribution in [3.05, 3.63) is 60.0 Å². The summed E-state index contributed by atoms with van der Waals surface area (Å²) < 4.78 is 15.8. The largest absolute Gasteiger partial charge is 0.501 e. The maximum atomic E-state index is 13.7. The molecule has 2 aromatic rings. The summed E-state index contributed by atoms with van der Waals surface area (Å²) in [5.74, 6) is -1.38. The standard InChI is InChI=1S/C32H42N4O7/c1-6-41-20-15-23-21-26(24-11-9-8-10-12-24)33-27(22-23)29(38)34-25(13-14-28(37)43-32(3,4)5)30(39)35-16-18-36(19-17-35)31(40)42-7-2/h8-12,15,20-22,25H,6-7,13-14,16-19H2,1-5H3,(H,34,38)/t25-/m0/s1.